The van der Waals surface area contributed by atoms with Gasteiger partial charge in [-0.05, 0) is 25.3 Å². The topological polar surface area (TPSA) is 108 Å². The number of rotatable bonds is 7. The zero-order valence-corrected chi connectivity index (χ0v) is 17.4. The molecule has 1 aromatic heterocycles. The summed E-state index contributed by atoms with van der Waals surface area (Å²) < 4.78 is 18.3. The van der Waals surface area contributed by atoms with E-state index in [4.69, 9.17) is 19.3 Å². The molecule has 0 fully saturated rings. The van der Waals surface area contributed by atoms with Gasteiger partial charge in [-0.15, -0.1) is 0 Å². The van der Waals surface area contributed by atoms with Gasteiger partial charge in [0.25, 0.3) is 0 Å². The number of aliphatic hydroxyl groups is 1. The molecule has 9 heteroatoms. The molecule has 2 heterocycles. The first-order valence-electron chi connectivity index (χ1n) is 10.0. The first-order valence-corrected chi connectivity index (χ1v) is 10.0. The number of anilines is 1. The Labute approximate surface area is 174 Å². The average Bonchev–Trinajstić information content (AvgIpc) is 3.17. The van der Waals surface area contributed by atoms with Crippen LogP contribution in [0.3, 0.4) is 0 Å². The lowest BCUT2D eigenvalue weighted by molar-refractivity contribution is -0.116. The third-order valence-corrected chi connectivity index (χ3v) is 5.50. The van der Waals surface area contributed by atoms with Gasteiger partial charge in [0.2, 0.25) is 5.95 Å². The van der Waals surface area contributed by atoms with Crippen LogP contribution < -0.4 is 19.5 Å². The molecule has 0 saturated heterocycles. The highest BCUT2D eigenvalue weighted by Crippen LogP contribution is 2.45. The highest BCUT2D eigenvalue weighted by atomic mass is 16.5. The Morgan fingerprint density at radius 2 is 1.87 bits per heavy atom. The van der Waals surface area contributed by atoms with Crippen LogP contribution in [0, 0.1) is 0 Å². The Hall–Kier alpha value is -3.07. The van der Waals surface area contributed by atoms with E-state index in [1.807, 2.05) is 6.07 Å². The van der Waals surface area contributed by atoms with Crippen molar-refractivity contribution >= 4 is 11.7 Å². The van der Waals surface area contributed by atoms with Gasteiger partial charge < -0.3 is 24.6 Å². The van der Waals surface area contributed by atoms with Gasteiger partial charge in [-0.1, -0.05) is 0 Å². The third kappa shape index (κ3) is 3.39. The molecule has 160 valence electrons. The van der Waals surface area contributed by atoms with Crippen LogP contribution in [0.1, 0.15) is 43.1 Å². The van der Waals surface area contributed by atoms with E-state index in [2.05, 4.69) is 15.4 Å². The molecule has 1 unspecified atom stereocenters. The number of carbonyl (C=O) groups is 1. The van der Waals surface area contributed by atoms with Crippen molar-refractivity contribution < 1.29 is 24.1 Å². The van der Waals surface area contributed by atoms with E-state index in [-0.39, 0.29) is 12.4 Å². The summed E-state index contributed by atoms with van der Waals surface area (Å²) in [5, 5.41) is 17.1. The summed E-state index contributed by atoms with van der Waals surface area (Å²) in [5.41, 5.74) is 2.30. The summed E-state index contributed by atoms with van der Waals surface area (Å²) >= 11 is 0. The number of ether oxygens (including phenoxy) is 3. The standard InChI is InChI=1S/C21H26N4O5/c1-28-15-11-17(30-3)16(29-2)10-12(15)20-19-13(6-4-7-14(19)27)22-21-23-18(8-5-9-26)24-25(20)21/h10-11,20,26H,4-9H2,1-3H3,(H,22,23,24). The fraction of sp³-hybridized carbons (Fsp3) is 0.476. The second-order valence-electron chi connectivity index (χ2n) is 7.27. The Bertz CT molecular complexity index is 998. The maximum atomic E-state index is 13.0. The van der Waals surface area contributed by atoms with E-state index >= 15 is 0 Å². The first-order chi connectivity index (χ1) is 14.6. The minimum absolute atomic E-state index is 0.0669. The zero-order valence-electron chi connectivity index (χ0n) is 17.4. The van der Waals surface area contributed by atoms with Gasteiger partial charge in [0.05, 0.1) is 21.3 Å². The highest BCUT2D eigenvalue weighted by Gasteiger charge is 2.38. The van der Waals surface area contributed by atoms with Gasteiger partial charge in [0.15, 0.2) is 23.1 Å². The molecule has 30 heavy (non-hydrogen) atoms. The summed E-state index contributed by atoms with van der Waals surface area (Å²) in [6.07, 6.45) is 3.18. The molecular formula is C21H26N4O5. The molecule has 0 amide bonds. The number of aromatic nitrogens is 3. The van der Waals surface area contributed by atoms with Crippen LogP contribution >= 0.6 is 0 Å². The molecule has 0 bridgehead atoms. The van der Waals surface area contributed by atoms with Crippen molar-refractivity contribution in [1.82, 2.24) is 14.8 Å². The number of ketones is 1. The molecule has 1 aliphatic carbocycles. The Balaban J connectivity index is 1.91. The minimum Gasteiger partial charge on any atom is -0.496 e. The van der Waals surface area contributed by atoms with Crippen molar-refractivity contribution in [1.29, 1.82) is 0 Å². The predicted molar refractivity (Wildman–Crippen MR) is 109 cm³/mol. The fourth-order valence-electron chi connectivity index (χ4n) is 4.10. The van der Waals surface area contributed by atoms with Crippen molar-refractivity contribution in [3.8, 4) is 17.2 Å². The molecule has 9 nitrogen and oxygen atoms in total. The van der Waals surface area contributed by atoms with Crippen molar-refractivity contribution in [2.24, 2.45) is 0 Å². The Morgan fingerprint density at radius 3 is 2.57 bits per heavy atom. The molecular weight excluding hydrogens is 388 g/mol. The van der Waals surface area contributed by atoms with E-state index < -0.39 is 6.04 Å². The van der Waals surface area contributed by atoms with Gasteiger partial charge in [0.1, 0.15) is 11.8 Å². The Morgan fingerprint density at radius 1 is 1.13 bits per heavy atom. The number of hydrogen-bond acceptors (Lipinski definition) is 8. The predicted octanol–water partition coefficient (Wildman–Crippen LogP) is 2.25. The number of fused-ring (bicyclic) bond motifs is 1. The monoisotopic (exact) mass is 414 g/mol. The van der Waals surface area contributed by atoms with Crippen molar-refractivity contribution in [3.05, 3.63) is 34.8 Å². The second kappa shape index (κ2) is 8.35. The number of hydrogen-bond donors (Lipinski definition) is 2. The van der Waals surface area contributed by atoms with E-state index in [1.54, 1.807) is 32.1 Å². The van der Waals surface area contributed by atoms with Crippen LogP contribution in [-0.2, 0) is 11.2 Å². The molecule has 0 radical (unpaired) electrons. The fourth-order valence-corrected chi connectivity index (χ4v) is 4.10. The largest absolute Gasteiger partial charge is 0.496 e. The summed E-state index contributed by atoms with van der Waals surface area (Å²) in [6.45, 7) is 0.0669. The molecule has 0 saturated carbocycles. The van der Waals surface area contributed by atoms with Gasteiger partial charge in [-0.3, -0.25) is 4.79 Å². The summed E-state index contributed by atoms with van der Waals surface area (Å²) in [6, 6.07) is 3.10. The molecule has 2 aromatic rings. The number of allylic oxidation sites excluding steroid dienone is 2. The van der Waals surface area contributed by atoms with Crippen LogP contribution in [0.4, 0.5) is 5.95 Å². The highest BCUT2D eigenvalue weighted by molar-refractivity contribution is 5.99. The van der Waals surface area contributed by atoms with Gasteiger partial charge in [-0.25, -0.2) is 4.68 Å². The van der Waals surface area contributed by atoms with Gasteiger partial charge in [0, 0.05) is 42.3 Å². The maximum absolute atomic E-state index is 13.0. The van der Waals surface area contributed by atoms with E-state index in [0.717, 1.165) is 24.1 Å². The van der Waals surface area contributed by atoms with Crippen molar-refractivity contribution in [2.45, 2.75) is 38.1 Å². The minimum atomic E-state index is -0.491. The van der Waals surface area contributed by atoms with E-state index in [9.17, 15) is 4.79 Å². The van der Waals surface area contributed by atoms with E-state index in [0.29, 0.717) is 53.9 Å². The number of aryl methyl sites for hydroxylation is 1. The maximum Gasteiger partial charge on any atom is 0.226 e. The van der Waals surface area contributed by atoms with Crippen LogP contribution in [-0.4, -0.2) is 53.6 Å². The smallest absolute Gasteiger partial charge is 0.226 e. The number of carbonyl (C=O) groups excluding carboxylic acids is 1. The number of nitrogens with one attached hydrogen (secondary N) is 1. The number of methoxy groups -OCH3 is 3. The zero-order chi connectivity index (χ0) is 21.3. The lowest BCUT2D eigenvalue weighted by atomic mass is 9.85. The Kier molecular flexibility index (Phi) is 5.63. The van der Waals surface area contributed by atoms with Crippen molar-refractivity contribution in [3.63, 3.8) is 0 Å². The normalized spacial score (nSPS) is 17.9. The second-order valence-corrected chi connectivity index (χ2v) is 7.27. The number of benzene rings is 1. The SMILES string of the molecule is COc1cc(OC)c(C2C3=C(CCCC3=O)Nc3nc(CCCO)nn32)cc1OC. The molecule has 4 rings (SSSR count). The summed E-state index contributed by atoms with van der Waals surface area (Å²) in [4.78, 5) is 17.6. The van der Waals surface area contributed by atoms with Crippen LogP contribution in [0.2, 0.25) is 0 Å². The quantitative estimate of drug-likeness (QED) is 0.710. The summed E-state index contributed by atoms with van der Waals surface area (Å²) in [5.74, 6) is 2.94. The average molecular weight is 414 g/mol. The van der Waals surface area contributed by atoms with Crippen LogP contribution in [0.15, 0.2) is 23.4 Å². The number of Topliss-reactive ketones (excluding diaryl/α,β-unsaturated/α-hetero) is 1. The molecule has 1 aromatic carbocycles. The lowest BCUT2D eigenvalue weighted by Crippen LogP contribution is -2.31. The number of nitrogens with zero attached hydrogens (tertiary/aromatic N) is 3. The first kappa shape index (κ1) is 20.2. The summed E-state index contributed by atoms with van der Waals surface area (Å²) in [7, 11) is 4.72. The lowest BCUT2D eigenvalue weighted by Gasteiger charge is -2.33. The van der Waals surface area contributed by atoms with Crippen LogP contribution in [0.25, 0.3) is 0 Å². The van der Waals surface area contributed by atoms with Crippen LogP contribution in [0.5, 0.6) is 17.2 Å². The number of aliphatic hydroxyl groups excluding tert-OH is 1. The molecule has 2 aliphatic rings. The third-order valence-electron chi connectivity index (χ3n) is 5.50. The molecule has 1 aliphatic heterocycles. The van der Waals surface area contributed by atoms with Gasteiger partial charge in [-0.2, -0.15) is 10.1 Å². The van der Waals surface area contributed by atoms with E-state index in [1.165, 1.54) is 0 Å². The molecule has 1 atom stereocenters. The molecule has 2 N–H and O–H groups in total. The molecule has 0 spiro atoms. The van der Waals surface area contributed by atoms with Crippen molar-refractivity contribution in [2.75, 3.05) is 33.3 Å². The van der Waals surface area contributed by atoms with Gasteiger partial charge >= 0.3 is 0 Å².